The van der Waals surface area contributed by atoms with Gasteiger partial charge in [0.1, 0.15) is 5.75 Å². The minimum Gasteiger partial charge on any atom is -0.492 e. The van der Waals surface area contributed by atoms with Gasteiger partial charge in [-0.15, -0.1) is 0 Å². The highest BCUT2D eigenvalue weighted by molar-refractivity contribution is 6.33. The molecule has 1 aromatic rings. The van der Waals surface area contributed by atoms with Crippen LogP contribution in [-0.2, 0) is 0 Å². The molecule has 1 aromatic carbocycles. The molecule has 0 saturated heterocycles. The fourth-order valence-corrected chi connectivity index (χ4v) is 1.43. The first kappa shape index (κ1) is 10.9. The maximum absolute atomic E-state index is 10.8. The van der Waals surface area contributed by atoms with Crippen LogP contribution in [0.25, 0.3) is 0 Å². The van der Waals surface area contributed by atoms with Crippen LogP contribution in [0.5, 0.6) is 5.75 Å². The van der Waals surface area contributed by atoms with Gasteiger partial charge < -0.3 is 10.1 Å². The third-order valence-corrected chi connectivity index (χ3v) is 2.15. The van der Waals surface area contributed by atoms with Gasteiger partial charge in [-0.25, -0.2) is 0 Å². The minimum absolute atomic E-state index is 0.424. The van der Waals surface area contributed by atoms with Gasteiger partial charge in [0.25, 0.3) is 0 Å². The van der Waals surface area contributed by atoms with E-state index in [0.29, 0.717) is 28.6 Å². The van der Waals surface area contributed by atoms with E-state index in [4.69, 9.17) is 16.3 Å². The lowest BCUT2D eigenvalue weighted by Crippen LogP contribution is -2.01. The van der Waals surface area contributed by atoms with E-state index in [-0.39, 0.29) is 0 Å². The zero-order chi connectivity index (χ0) is 10.6. The van der Waals surface area contributed by atoms with Crippen LogP contribution in [0.4, 0.5) is 5.69 Å². The molecule has 0 amide bonds. The van der Waals surface area contributed by atoms with Gasteiger partial charge in [0.15, 0.2) is 6.29 Å². The standard InChI is InChI=1S/C10H12ClNO2/c1-3-14-9-5-4-8(11)7(6-13)10(9)12-2/h4-6,12H,3H2,1-2H3. The molecule has 76 valence electrons. The normalized spacial score (nSPS) is 9.64. The molecule has 0 spiro atoms. The Hall–Kier alpha value is -1.22. The summed E-state index contributed by atoms with van der Waals surface area (Å²) in [4.78, 5) is 10.8. The van der Waals surface area contributed by atoms with Gasteiger partial charge >= 0.3 is 0 Å². The molecule has 0 heterocycles. The molecule has 4 heteroatoms. The number of benzene rings is 1. The van der Waals surface area contributed by atoms with E-state index in [1.165, 1.54) is 0 Å². The Labute approximate surface area is 88.0 Å². The van der Waals surface area contributed by atoms with Crippen LogP contribution in [0.2, 0.25) is 5.02 Å². The van der Waals surface area contributed by atoms with Crippen LogP contribution < -0.4 is 10.1 Å². The average Bonchev–Trinajstić information content (AvgIpc) is 2.20. The Kier molecular flexibility index (Phi) is 3.77. The molecule has 0 fully saturated rings. The Bertz CT molecular complexity index is 339. The number of carbonyl (C=O) groups is 1. The molecule has 0 bridgehead atoms. The maximum atomic E-state index is 10.8. The third-order valence-electron chi connectivity index (χ3n) is 1.82. The van der Waals surface area contributed by atoms with E-state index >= 15 is 0 Å². The molecule has 0 unspecified atom stereocenters. The number of halogens is 1. The number of ether oxygens (including phenoxy) is 1. The van der Waals surface area contributed by atoms with Crippen molar-refractivity contribution in [3.63, 3.8) is 0 Å². The van der Waals surface area contributed by atoms with Gasteiger partial charge in [-0.3, -0.25) is 4.79 Å². The number of rotatable bonds is 4. The topological polar surface area (TPSA) is 38.3 Å². The Morgan fingerprint density at radius 1 is 1.57 bits per heavy atom. The van der Waals surface area contributed by atoms with Crippen LogP contribution in [0.1, 0.15) is 17.3 Å². The molecule has 1 N–H and O–H groups in total. The number of hydrogen-bond acceptors (Lipinski definition) is 3. The Balaban J connectivity index is 3.25. The highest BCUT2D eigenvalue weighted by Gasteiger charge is 2.10. The summed E-state index contributed by atoms with van der Waals surface area (Å²) in [7, 11) is 1.72. The van der Waals surface area contributed by atoms with Crippen LogP contribution in [0, 0.1) is 0 Å². The van der Waals surface area contributed by atoms with Gasteiger partial charge in [-0.1, -0.05) is 11.6 Å². The molecule has 0 aliphatic rings. The number of anilines is 1. The van der Waals surface area contributed by atoms with Crippen molar-refractivity contribution in [2.75, 3.05) is 19.0 Å². The van der Waals surface area contributed by atoms with Crippen LogP contribution in [0.15, 0.2) is 12.1 Å². The van der Waals surface area contributed by atoms with Crippen molar-refractivity contribution < 1.29 is 9.53 Å². The summed E-state index contributed by atoms with van der Waals surface area (Å²) in [6.45, 7) is 2.43. The minimum atomic E-state index is 0.424. The largest absolute Gasteiger partial charge is 0.492 e. The second-order valence-electron chi connectivity index (χ2n) is 2.64. The highest BCUT2D eigenvalue weighted by Crippen LogP contribution is 2.32. The quantitative estimate of drug-likeness (QED) is 0.782. The summed E-state index contributed by atoms with van der Waals surface area (Å²) in [5, 5.41) is 3.32. The molecule has 1 rings (SSSR count). The third kappa shape index (κ3) is 1.99. The van der Waals surface area contributed by atoms with E-state index < -0.39 is 0 Å². The van der Waals surface area contributed by atoms with E-state index in [9.17, 15) is 4.79 Å². The lowest BCUT2D eigenvalue weighted by molar-refractivity contribution is 0.112. The van der Waals surface area contributed by atoms with E-state index in [1.807, 2.05) is 6.92 Å². The van der Waals surface area contributed by atoms with Crippen molar-refractivity contribution in [3.8, 4) is 5.75 Å². The first-order valence-electron chi connectivity index (χ1n) is 4.32. The molecule has 14 heavy (non-hydrogen) atoms. The second-order valence-corrected chi connectivity index (χ2v) is 3.04. The monoisotopic (exact) mass is 213 g/mol. The molecule has 0 aliphatic heterocycles. The lowest BCUT2D eigenvalue weighted by atomic mass is 10.2. The van der Waals surface area contributed by atoms with Crippen molar-refractivity contribution in [3.05, 3.63) is 22.7 Å². The van der Waals surface area contributed by atoms with Crippen molar-refractivity contribution >= 4 is 23.6 Å². The van der Waals surface area contributed by atoms with Crippen molar-refractivity contribution in [2.45, 2.75) is 6.92 Å². The molecular formula is C10H12ClNO2. The first-order valence-corrected chi connectivity index (χ1v) is 4.70. The number of hydrogen-bond donors (Lipinski definition) is 1. The SMILES string of the molecule is CCOc1ccc(Cl)c(C=O)c1NC. The van der Waals surface area contributed by atoms with Crippen LogP contribution >= 0.6 is 11.6 Å². The van der Waals surface area contributed by atoms with Crippen molar-refractivity contribution in [2.24, 2.45) is 0 Å². The lowest BCUT2D eigenvalue weighted by Gasteiger charge is -2.12. The molecule has 0 atom stereocenters. The number of aldehydes is 1. The predicted molar refractivity (Wildman–Crippen MR) is 57.6 cm³/mol. The smallest absolute Gasteiger partial charge is 0.153 e. The van der Waals surface area contributed by atoms with Gasteiger partial charge in [0.05, 0.1) is 22.9 Å². The van der Waals surface area contributed by atoms with Crippen molar-refractivity contribution in [1.82, 2.24) is 0 Å². The molecule has 0 saturated carbocycles. The van der Waals surface area contributed by atoms with Crippen LogP contribution in [0.3, 0.4) is 0 Å². The predicted octanol–water partition coefficient (Wildman–Crippen LogP) is 2.59. The summed E-state index contributed by atoms with van der Waals surface area (Å²) >= 11 is 5.85. The fraction of sp³-hybridized carbons (Fsp3) is 0.300. The molecular weight excluding hydrogens is 202 g/mol. The summed E-state index contributed by atoms with van der Waals surface area (Å²) in [5.41, 5.74) is 1.06. The molecule has 0 aliphatic carbocycles. The Morgan fingerprint density at radius 2 is 2.29 bits per heavy atom. The fourth-order valence-electron chi connectivity index (χ4n) is 1.22. The molecule has 0 radical (unpaired) electrons. The number of carbonyl (C=O) groups excluding carboxylic acids is 1. The Morgan fingerprint density at radius 3 is 2.79 bits per heavy atom. The van der Waals surface area contributed by atoms with Gasteiger partial charge in [-0.05, 0) is 19.1 Å². The zero-order valence-electron chi connectivity index (χ0n) is 8.13. The van der Waals surface area contributed by atoms with Crippen LogP contribution in [-0.4, -0.2) is 19.9 Å². The van der Waals surface area contributed by atoms with Gasteiger partial charge in [-0.2, -0.15) is 0 Å². The summed E-state index contributed by atoms with van der Waals surface area (Å²) in [6, 6.07) is 3.39. The molecule has 0 aromatic heterocycles. The maximum Gasteiger partial charge on any atom is 0.153 e. The van der Waals surface area contributed by atoms with E-state index in [1.54, 1.807) is 19.2 Å². The summed E-state index contributed by atoms with van der Waals surface area (Å²) in [5.74, 6) is 0.640. The first-order chi connectivity index (χ1) is 6.74. The van der Waals surface area contributed by atoms with Crippen molar-refractivity contribution in [1.29, 1.82) is 0 Å². The average molecular weight is 214 g/mol. The molecule has 3 nitrogen and oxygen atoms in total. The van der Waals surface area contributed by atoms with E-state index in [0.717, 1.165) is 6.29 Å². The second kappa shape index (κ2) is 4.86. The van der Waals surface area contributed by atoms with Gasteiger partial charge in [0.2, 0.25) is 0 Å². The van der Waals surface area contributed by atoms with Gasteiger partial charge in [0, 0.05) is 7.05 Å². The summed E-state index contributed by atoms with van der Waals surface area (Å²) in [6.07, 6.45) is 0.719. The van der Waals surface area contributed by atoms with E-state index in [2.05, 4.69) is 5.32 Å². The zero-order valence-corrected chi connectivity index (χ0v) is 8.89. The number of nitrogens with one attached hydrogen (secondary N) is 1. The summed E-state index contributed by atoms with van der Waals surface area (Å²) < 4.78 is 5.35. The highest BCUT2D eigenvalue weighted by atomic mass is 35.5.